The number of rotatable bonds is 3. The summed E-state index contributed by atoms with van der Waals surface area (Å²) in [6, 6.07) is 0. The van der Waals surface area contributed by atoms with E-state index in [4.69, 9.17) is 9.26 Å². The molecule has 6 heteroatoms. The molecule has 128 valence electrons. The first-order chi connectivity index (χ1) is 10.8. The van der Waals surface area contributed by atoms with Crippen LogP contribution >= 0.6 is 0 Å². The SMILES string of the molecule is C[C@@H]1C[C@@H]1c1noc(CC2CCN(C(=O)OC(C)(C)C)CC2)n1. The van der Waals surface area contributed by atoms with Crippen molar-refractivity contribution in [3.05, 3.63) is 11.7 Å². The first-order valence-electron chi connectivity index (χ1n) is 8.62. The molecule has 2 heterocycles. The molecule has 1 aliphatic heterocycles. The van der Waals surface area contributed by atoms with Crippen molar-refractivity contribution in [1.29, 1.82) is 0 Å². The quantitative estimate of drug-likeness (QED) is 0.853. The van der Waals surface area contributed by atoms with Gasteiger partial charge >= 0.3 is 6.09 Å². The predicted molar refractivity (Wildman–Crippen MR) is 85.1 cm³/mol. The van der Waals surface area contributed by atoms with E-state index in [1.165, 1.54) is 6.42 Å². The molecule has 0 N–H and O–H groups in total. The van der Waals surface area contributed by atoms with Crippen LogP contribution in [-0.4, -0.2) is 39.8 Å². The highest BCUT2D eigenvalue weighted by atomic mass is 16.6. The van der Waals surface area contributed by atoms with Crippen LogP contribution in [-0.2, 0) is 11.2 Å². The van der Waals surface area contributed by atoms with Gasteiger partial charge in [-0.3, -0.25) is 0 Å². The lowest BCUT2D eigenvalue weighted by atomic mass is 9.94. The van der Waals surface area contributed by atoms with Gasteiger partial charge in [-0.05, 0) is 51.9 Å². The topological polar surface area (TPSA) is 68.5 Å². The Morgan fingerprint density at radius 2 is 2.00 bits per heavy atom. The van der Waals surface area contributed by atoms with Crippen LogP contribution in [0.25, 0.3) is 0 Å². The summed E-state index contributed by atoms with van der Waals surface area (Å²) in [5.74, 6) is 3.31. The van der Waals surface area contributed by atoms with Crippen LogP contribution in [0.1, 0.15) is 64.6 Å². The fraction of sp³-hybridized carbons (Fsp3) is 0.824. The van der Waals surface area contributed by atoms with Crippen LogP contribution < -0.4 is 0 Å². The Morgan fingerprint density at radius 1 is 1.35 bits per heavy atom. The Kier molecular flexibility index (Phi) is 4.34. The molecule has 1 amide bonds. The lowest BCUT2D eigenvalue weighted by Gasteiger charge is -2.33. The Morgan fingerprint density at radius 3 is 2.57 bits per heavy atom. The van der Waals surface area contributed by atoms with Gasteiger partial charge in [-0.2, -0.15) is 4.98 Å². The molecule has 3 rings (SSSR count). The average molecular weight is 321 g/mol. The van der Waals surface area contributed by atoms with E-state index in [9.17, 15) is 4.79 Å². The van der Waals surface area contributed by atoms with Gasteiger partial charge in [0.05, 0.1) is 0 Å². The molecule has 0 unspecified atom stereocenters. The number of ether oxygens (including phenoxy) is 1. The smallest absolute Gasteiger partial charge is 0.410 e. The monoisotopic (exact) mass is 321 g/mol. The Bertz CT molecular complexity index is 556. The summed E-state index contributed by atoms with van der Waals surface area (Å²) in [5.41, 5.74) is -0.436. The molecule has 2 aliphatic rings. The molecule has 0 spiro atoms. The van der Waals surface area contributed by atoms with Crippen molar-refractivity contribution < 1.29 is 14.1 Å². The van der Waals surface area contributed by atoms with E-state index < -0.39 is 5.60 Å². The van der Waals surface area contributed by atoms with E-state index in [1.54, 1.807) is 4.90 Å². The highest BCUT2D eigenvalue weighted by molar-refractivity contribution is 5.68. The van der Waals surface area contributed by atoms with E-state index >= 15 is 0 Å². The zero-order valence-corrected chi connectivity index (χ0v) is 14.5. The van der Waals surface area contributed by atoms with Gasteiger partial charge in [-0.1, -0.05) is 12.1 Å². The molecule has 0 bridgehead atoms. The van der Waals surface area contributed by atoms with Gasteiger partial charge in [0, 0.05) is 25.4 Å². The fourth-order valence-electron chi connectivity index (χ4n) is 3.08. The van der Waals surface area contributed by atoms with Crippen molar-refractivity contribution in [2.24, 2.45) is 11.8 Å². The lowest BCUT2D eigenvalue weighted by molar-refractivity contribution is 0.0182. The summed E-state index contributed by atoms with van der Waals surface area (Å²) < 4.78 is 10.8. The van der Waals surface area contributed by atoms with Crippen LogP contribution in [0, 0.1) is 11.8 Å². The summed E-state index contributed by atoms with van der Waals surface area (Å²) in [6.07, 6.45) is 3.69. The molecular weight excluding hydrogens is 294 g/mol. The minimum absolute atomic E-state index is 0.209. The summed E-state index contributed by atoms with van der Waals surface area (Å²) >= 11 is 0. The molecule has 2 atom stereocenters. The van der Waals surface area contributed by atoms with Crippen molar-refractivity contribution in [2.75, 3.05) is 13.1 Å². The van der Waals surface area contributed by atoms with Gasteiger partial charge in [0.25, 0.3) is 0 Å². The molecule has 6 nitrogen and oxygen atoms in total. The summed E-state index contributed by atoms with van der Waals surface area (Å²) in [6.45, 7) is 9.37. The second kappa shape index (κ2) is 6.13. The normalized spacial score (nSPS) is 25.5. The third-order valence-corrected chi connectivity index (χ3v) is 4.65. The van der Waals surface area contributed by atoms with Gasteiger partial charge in [-0.25, -0.2) is 4.79 Å². The number of likely N-dealkylation sites (tertiary alicyclic amines) is 1. The number of nitrogens with zero attached hydrogens (tertiary/aromatic N) is 3. The van der Waals surface area contributed by atoms with Gasteiger partial charge in [-0.15, -0.1) is 0 Å². The molecule has 2 fully saturated rings. The Hall–Kier alpha value is -1.59. The largest absolute Gasteiger partial charge is 0.444 e. The van der Waals surface area contributed by atoms with Gasteiger partial charge < -0.3 is 14.2 Å². The van der Waals surface area contributed by atoms with E-state index in [0.29, 0.717) is 17.8 Å². The molecule has 1 saturated carbocycles. The highest BCUT2D eigenvalue weighted by Crippen LogP contribution is 2.45. The lowest BCUT2D eigenvalue weighted by Crippen LogP contribution is -2.42. The number of carbonyl (C=O) groups is 1. The molecule has 0 aromatic carbocycles. The van der Waals surface area contributed by atoms with Crippen LogP contribution in [0.4, 0.5) is 4.79 Å². The second-order valence-corrected chi connectivity index (χ2v) is 7.98. The van der Waals surface area contributed by atoms with Crippen LogP contribution in [0.15, 0.2) is 4.52 Å². The summed E-state index contributed by atoms with van der Waals surface area (Å²) in [4.78, 5) is 18.4. The first kappa shape index (κ1) is 16.3. The number of carbonyl (C=O) groups excluding carboxylic acids is 1. The number of piperidine rings is 1. The Balaban J connectivity index is 1.46. The van der Waals surface area contributed by atoms with Crippen molar-refractivity contribution in [2.45, 2.75) is 64.9 Å². The van der Waals surface area contributed by atoms with Crippen LogP contribution in [0.5, 0.6) is 0 Å². The van der Waals surface area contributed by atoms with Gasteiger partial charge in [0.2, 0.25) is 5.89 Å². The molecular formula is C17H27N3O3. The van der Waals surface area contributed by atoms with E-state index in [1.807, 2.05) is 20.8 Å². The molecule has 1 aromatic heterocycles. The first-order valence-corrected chi connectivity index (χ1v) is 8.62. The molecule has 1 saturated heterocycles. The third kappa shape index (κ3) is 4.24. The maximum absolute atomic E-state index is 12.1. The standard InChI is InChI=1S/C17H27N3O3/c1-11-9-13(11)15-18-14(23-19-15)10-12-5-7-20(8-6-12)16(21)22-17(2,3)4/h11-13H,5-10H2,1-4H3/t11-,13+/m1/s1. The third-order valence-electron chi connectivity index (χ3n) is 4.65. The highest BCUT2D eigenvalue weighted by Gasteiger charge is 2.38. The fourth-order valence-corrected chi connectivity index (χ4v) is 3.08. The maximum Gasteiger partial charge on any atom is 0.410 e. The average Bonchev–Trinajstić information content (AvgIpc) is 3.01. The van der Waals surface area contributed by atoms with Crippen LogP contribution in [0.3, 0.4) is 0 Å². The van der Waals surface area contributed by atoms with Gasteiger partial charge in [0.15, 0.2) is 5.82 Å². The number of aromatic nitrogens is 2. The van der Waals surface area contributed by atoms with Crippen molar-refractivity contribution in [3.8, 4) is 0 Å². The molecule has 23 heavy (non-hydrogen) atoms. The maximum atomic E-state index is 12.1. The zero-order valence-electron chi connectivity index (χ0n) is 14.5. The van der Waals surface area contributed by atoms with E-state index in [2.05, 4.69) is 17.1 Å². The Labute approximate surface area is 137 Å². The summed E-state index contributed by atoms with van der Waals surface area (Å²) in [5, 5.41) is 4.11. The minimum atomic E-state index is -0.436. The molecule has 1 aliphatic carbocycles. The van der Waals surface area contributed by atoms with Gasteiger partial charge in [0.1, 0.15) is 5.60 Å². The van der Waals surface area contributed by atoms with E-state index in [-0.39, 0.29) is 6.09 Å². The number of amides is 1. The second-order valence-electron chi connectivity index (χ2n) is 7.98. The molecule has 0 radical (unpaired) electrons. The number of hydrogen-bond donors (Lipinski definition) is 0. The van der Waals surface area contributed by atoms with Crippen LogP contribution in [0.2, 0.25) is 0 Å². The van der Waals surface area contributed by atoms with Crippen molar-refractivity contribution >= 4 is 6.09 Å². The van der Waals surface area contributed by atoms with Crippen molar-refractivity contribution in [3.63, 3.8) is 0 Å². The number of hydrogen-bond acceptors (Lipinski definition) is 5. The van der Waals surface area contributed by atoms with E-state index in [0.717, 1.165) is 44.1 Å². The zero-order chi connectivity index (χ0) is 16.6. The predicted octanol–water partition coefficient (Wildman–Crippen LogP) is 3.38. The summed E-state index contributed by atoms with van der Waals surface area (Å²) in [7, 11) is 0. The molecule has 1 aromatic rings. The minimum Gasteiger partial charge on any atom is -0.444 e. The van der Waals surface area contributed by atoms with Crippen molar-refractivity contribution in [1.82, 2.24) is 15.0 Å².